The zero-order chi connectivity index (χ0) is 46.2. The molecule has 27 heteroatoms. The first-order valence-electron chi connectivity index (χ1n) is 21.8. The van der Waals surface area contributed by atoms with E-state index in [1.807, 2.05) is 0 Å². The topological polar surface area (TPSA) is 254 Å². The Morgan fingerprint density at radius 1 is 0.561 bits per heavy atom. The number of urea groups is 3. The predicted octanol–water partition coefficient (Wildman–Crippen LogP) is 4.11. The molecule has 7 amide bonds. The minimum Gasteiger partial charge on any atom is -0.449 e. The molecule has 4 rings (SSSR count). The molecule has 0 radical (unpaired) electrons. The van der Waals surface area contributed by atoms with E-state index in [9.17, 15) is 30.0 Å². The maximum absolute atomic E-state index is 15.9. The smallest absolute Gasteiger partial charge is 0.449 e. The summed E-state index contributed by atoms with van der Waals surface area (Å²) < 4.78 is 74.2. The number of imide groups is 3. The number of aliphatic imine (C=N–C) groups is 2. The van der Waals surface area contributed by atoms with Gasteiger partial charge >= 0.3 is 24.2 Å². The van der Waals surface area contributed by atoms with Crippen molar-refractivity contribution in [3.05, 3.63) is 20.8 Å². The second-order valence-electron chi connectivity index (χ2n) is 16.3. The second-order valence-corrected chi connectivity index (χ2v) is 23.2. The van der Waals surface area contributed by atoms with Gasteiger partial charge in [0, 0.05) is 30.8 Å². The maximum Gasteiger partial charge on any atom is 0.542 e. The number of hydrogen-bond acceptors (Lipinski definition) is 17. The molecule has 0 bridgehead atoms. The van der Waals surface area contributed by atoms with E-state index in [0.29, 0.717) is 57.8 Å². The Bertz CT molecular complexity index is 1890. The van der Waals surface area contributed by atoms with Gasteiger partial charge in [-0.1, -0.05) is 30.7 Å². The number of alkyl carbamates (subject to hydrolysis) is 1. The fourth-order valence-corrected chi connectivity index (χ4v) is 11.1. The van der Waals surface area contributed by atoms with Crippen molar-refractivity contribution >= 4 is 66.5 Å². The summed E-state index contributed by atoms with van der Waals surface area (Å²) in [4.78, 5) is 91.3. The molecule has 366 valence electrons. The van der Waals surface area contributed by atoms with E-state index in [0.717, 1.165) is 12.8 Å². The van der Waals surface area contributed by atoms with Crippen molar-refractivity contribution < 1.29 is 82.2 Å². The average molecular weight is 1760 g/mol. The number of quaternary nitrogens is 3. The van der Waals surface area contributed by atoms with E-state index in [4.69, 9.17) is 24.3 Å². The zero-order valence-corrected chi connectivity index (χ0v) is 60.0. The van der Waals surface area contributed by atoms with Crippen LogP contribution in [0.3, 0.4) is 0 Å². The van der Waals surface area contributed by atoms with Crippen LogP contribution in [-0.4, -0.2) is 168 Å². The molecule has 21 nitrogen and oxygen atoms in total. The Kier molecular flexibility index (Phi) is 22.4. The number of hydrogen-bond donors (Lipinski definition) is 1. The van der Waals surface area contributed by atoms with Gasteiger partial charge in [-0.25, -0.2) is 30.0 Å². The van der Waals surface area contributed by atoms with Crippen LogP contribution in [0, 0.1) is 20.8 Å². The summed E-state index contributed by atoms with van der Waals surface area (Å²) in [5.74, 6) is -1.43. The molecule has 4 saturated heterocycles. The van der Waals surface area contributed by atoms with Gasteiger partial charge in [0.05, 0.1) is 25.6 Å². The molecule has 4 aliphatic heterocycles. The van der Waals surface area contributed by atoms with Gasteiger partial charge in [0.15, 0.2) is 6.17 Å². The summed E-state index contributed by atoms with van der Waals surface area (Å²) in [6.07, 6.45) is 3.26. The molecule has 5 atom stereocenters. The largest absolute Gasteiger partial charge is 0.542 e. The number of rotatable bonds is 22. The standard InChI is InChI=1S/C39H66N6O15S3.3Rf/c1-4-61(50,51)28-16-25-56-36(46)42-35-21-12-9-15-24-45(35)38(48)43(22-13-7-10-19-33(43)40-31-59-57-26-17-29-62(52,53)5-2)37(47)44(39(45)49)23-14-8-11-20-34(44)41-32-60-58-27-18-30-63(54,55)6-3;;;/h31-35H,1-30H2,(H,42,46);;;/b40-31-,41-32-;;;. The number of nitrogens with one attached hydrogen (secondary N) is 1. The Balaban J connectivity index is 0.00000726. The number of carbonyl (C=O) groups is 4. The van der Waals surface area contributed by atoms with Crippen molar-refractivity contribution in [1.29, 1.82) is 0 Å². The molecular weight excluding hydrogens is 1690 g/mol. The van der Waals surface area contributed by atoms with Crippen LogP contribution < -0.4 is 5.32 Å². The van der Waals surface area contributed by atoms with Gasteiger partial charge in [0.25, 0.3) is 0 Å². The maximum atomic E-state index is 15.9. The molecule has 5 unspecified atom stereocenters. The number of carbonyl (C=O) groups excluding carboxylic acids is 4. The second kappa shape index (κ2) is 25.5. The quantitative estimate of drug-likeness (QED) is 0.0305. The van der Waals surface area contributed by atoms with E-state index >= 15 is 14.4 Å². The van der Waals surface area contributed by atoms with Crippen molar-refractivity contribution in [2.75, 3.05) is 74.0 Å². The van der Waals surface area contributed by atoms with E-state index in [2.05, 4.69) is 36.1 Å². The van der Waals surface area contributed by atoms with Gasteiger partial charge in [-0.15, -0.1) is 0 Å². The van der Waals surface area contributed by atoms with Gasteiger partial charge in [-0.3, -0.25) is 5.32 Å². The van der Waals surface area contributed by atoms with Crippen LogP contribution in [0.4, 0.5) is 19.2 Å². The Labute approximate surface area is 372 Å². The molecule has 0 aromatic heterocycles. The van der Waals surface area contributed by atoms with E-state index in [1.54, 1.807) is 0 Å². The Morgan fingerprint density at radius 2 is 0.924 bits per heavy atom. The van der Waals surface area contributed by atoms with Crippen LogP contribution in [0.2, 0.25) is 0 Å². The molecule has 3 spiro atoms. The fraction of sp³-hybridized carbons (Fsp3) is 0.769. The molecule has 0 aromatic rings. The van der Waals surface area contributed by atoms with Gasteiger partial charge in [0.1, 0.15) is 49.1 Å². The first-order valence-corrected chi connectivity index (χ1v) is 27.2. The van der Waals surface area contributed by atoms with Gasteiger partial charge in [-0.05, 0) is 77.0 Å². The summed E-state index contributed by atoms with van der Waals surface area (Å²) in [5.41, 5.74) is 0. The fourth-order valence-electron chi connectivity index (χ4n) is 8.78. The SMILES string of the molecule is [CH2-]CS(=O)(=O)CCCOO/C=N\C1CCCCC[N+]12C(=O)[N+]1(CCCCCC1/N=C\OOCCCS(=O)(=O)C[CH2-])C(=O)[N+]1(CCCCCC1NC(=O)OCCCS(=O)(=O)C[CH2-])C2=O.[Rf].[Rf].[Rf]. The summed E-state index contributed by atoms with van der Waals surface area (Å²) >= 11 is 0. The minimum atomic E-state index is -3.43. The number of sulfone groups is 3. The van der Waals surface area contributed by atoms with Gasteiger partial charge in [0.2, 0.25) is 25.1 Å². The third-order valence-electron chi connectivity index (χ3n) is 12.1. The number of amides is 7. The molecule has 0 aromatic carbocycles. The van der Waals surface area contributed by atoms with Crippen LogP contribution in [0.1, 0.15) is 96.3 Å². The van der Waals surface area contributed by atoms with E-state index in [-0.39, 0.29) is 112 Å². The Hall–Kier alpha value is -6.13. The van der Waals surface area contributed by atoms with Crippen LogP contribution in [0.15, 0.2) is 9.98 Å². The molecule has 0 aliphatic carbocycles. The molecular formula is C39H66N6O15Rf3S3. The minimum absolute atomic E-state index is 0. The molecule has 0 saturated carbocycles. The molecule has 4 fully saturated rings. The number of nitrogens with zero attached hydrogens (tertiary/aromatic N) is 5. The summed E-state index contributed by atoms with van der Waals surface area (Å²) in [5, 5.41) is 2.80. The number of ether oxygens (including phenoxy) is 1. The summed E-state index contributed by atoms with van der Waals surface area (Å²) in [6, 6.07) is -2.23. The molecule has 4 aliphatic rings. The van der Waals surface area contributed by atoms with Crippen LogP contribution >= 0.6 is 0 Å². The summed E-state index contributed by atoms with van der Waals surface area (Å²) in [6.45, 7) is 9.68. The Morgan fingerprint density at radius 3 is 1.33 bits per heavy atom. The first kappa shape index (κ1) is 57.9. The third-order valence-corrected chi connectivity index (χ3v) is 16.7. The molecule has 1 N–H and O–H groups in total. The monoisotopic (exact) mass is 1760 g/mol. The van der Waals surface area contributed by atoms with Crippen molar-refractivity contribution in [3.8, 4) is 0 Å². The predicted molar refractivity (Wildman–Crippen MR) is 230 cm³/mol. The normalized spacial score (nSPS) is 27.6. The third kappa shape index (κ3) is 13.5. The van der Waals surface area contributed by atoms with Crippen molar-refractivity contribution in [1.82, 2.24) is 5.32 Å². The molecule has 66 heavy (non-hydrogen) atoms. The van der Waals surface area contributed by atoms with Crippen LogP contribution in [-0.2, 0) is 53.8 Å². The van der Waals surface area contributed by atoms with Gasteiger partial charge < -0.3 is 35.3 Å². The molecule has 4 heterocycles. The van der Waals surface area contributed by atoms with Crippen molar-refractivity contribution in [2.45, 2.75) is 115 Å². The zero-order valence-electron chi connectivity index (χ0n) is 38.3. The average Bonchev–Trinajstić information content (AvgIpc) is 3.71. The van der Waals surface area contributed by atoms with E-state index in [1.165, 1.54) is 0 Å². The van der Waals surface area contributed by atoms with E-state index < -0.39 is 85.6 Å². The van der Waals surface area contributed by atoms with Crippen LogP contribution in [0.5, 0.6) is 0 Å². The van der Waals surface area contributed by atoms with Crippen molar-refractivity contribution in [2.24, 2.45) is 9.98 Å². The van der Waals surface area contributed by atoms with Crippen molar-refractivity contribution in [3.63, 3.8) is 0 Å². The van der Waals surface area contributed by atoms with Gasteiger partial charge in [-0.2, -0.15) is 34.1 Å². The summed E-state index contributed by atoms with van der Waals surface area (Å²) in [7, 11) is -10.1. The van der Waals surface area contributed by atoms with Crippen LogP contribution in [0.25, 0.3) is 0 Å². The first-order chi connectivity index (χ1) is 30.0.